The molecule has 1 aliphatic rings. The average Bonchev–Trinajstić information content (AvgIpc) is 2.20. The molecule has 14 heavy (non-hydrogen) atoms. The van der Waals surface area contributed by atoms with E-state index < -0.39 is 0 Å². The van der Waals surface area contributed by atoms with Gasteiger partial charge in [0, 0.05) is 6.04 Å². The fraction of sp³-hybridized carbons (Fsp3) is 0.833. The van der Waals surface area contributed by atoms with Gasteiger partial charge in [-0.2, -0.15) is 0 Å². The van der Waals surface area contributed by atoms with Gasteiger partial charge in [-0.05, 0) is 52.9 Å². The van der Waals surface area contributed by atoms with Gasteiger partial charge in [0.05, 0.1) is 0 Å². The Morgan fingerprint density at radius 1 is 1.36 bits per heavy atom. The van der Waals surface area contributed by atoms with Crippen LogP contribution in [-0.4, -0.2) is 38.1 Å². The van der Waals surface area contributed by atoms with E-state index in [-0.39, 0.29) is 0 Å². The summed E-state index contributed by atoms with van der Waals surface area (Å²) in [6.07, 6.45) is 11.2. The van der Waals surface area contributed by atoms with Crippen molar-refractivity contribution in [2.75, 3.05) is 27.2 Å². The Labute approximate surface area is 88.4 Å². The summed E-state index contributed by atoms with van der Waals surface area (Å²) in [5, 5.41) is 3.15. The van der Waals surface area contributed by atoms with Gasteiger partial charge in [-0.15, -0.1) is 0 Å². The third-order valence-electron chi connectivity index (χ3n) is 3.06. The van der Waals surface area contributed by atoms with Crippen molar-refractivity contribution in [3.05, 3.63) is 12.2 Å². The maximum atomic E-state index is 3.15. The Bertz CT molecular complexity index is 166. The van der Waals surface area contributed by atoms with Crippen LogP contribution >= 0.6 is 0 Å². The molecular weight excluding hydrogens is 172 g/mol. The fourth-order valence-corrected chi connectivity index (χ4v) is 2.04. The van der Waals surface area contributed by atoms with Crippen molar-refractivity contribution in [1.82, 2.24) is 10.2 Å². The molecule has 0 aliphatic carbocycles. The molecule has 0 radical (unpaired) electrons. The Kier molecular flexibility index (Phi) is 5.88. The second kappa shape index (κ2) is 7.02. The van der Waals surface area contributed by atoms with Crippen LogP contribution in [0.4, 0.5) is 0 Å². The van der Waals surface area contributed by atoms with E-state index in [1.807, 2.05) is 7.05 Å². The SMILES string of the molecule is CNCC/C=C\CC1CCCCN1C. The molecule has 2 nitrogen and oxygen atoms in total. The summed E-state index contributed by atoms with van der Waals surface area (Å²) in [6.45, 7) is 2.38. The van der Waals surface area contributed by atoms with Crippen molar-refractivity contribution in [2.24, 2.45) is 0 Å². The number of likely N-dealkylation sites (tertiary alicyclic amines) is 1. The van der Waals surface area contributed by atoms with Gasteiger partial charge >= 0.3 is 0 Å². The van der Waals surface area contributed by atoms with E-state index in [0.717, 1.165) is 19.0 Å². The Hall–Kier alpha value is -0.340. The Balaban J connectivity index is 2.12. The summed E-state index contributed by atoms with van der Waals surface area (Å²) in [6, 6.07) is 0.801. The predicted octanol–water partition coefficient (Wildman–Crippen LogP) is 2.03. The lowest BCUT2D eigenvalue weighted by atomic mass is 10.00. The van der Waals surface area contributed by atoms with E-state index in [1.54, 1.807) is 0 Å². The van der Waals surface area contributed by atoms with Crippen molar-refractivity contribution in [3.63, 3.8) is 0 Å². The molecule has 1 atom stereocenters. The fourth-order valence-electron chi connectivity index (χ4n) is 2.04. The summed E-state index contributed by atoms with van der Waals surface area (Å²) < 4.78 is 0. The van der Waals surface area contributed by atoms with Crippen molar-refractivity contribution in [3.8, 4) is 0 Å². The zero-order chi connectivity index (χ0) is 10.2. The molecule has 0 aromatic heterocycles. The zero-order valence-corrected chi connectivity index (χ0v) is 9.63. The molecule has 1 heterocycles. The molecule has 0 aromatic carbocycles. The molecule has 1 aliphatic heterocycles. The molecule has 0 aromatic rings. The van der Waals surface area contributed by atoms with Crippen molar-refractivity contribution < 1.29 is 0 Å². The molecule has 0 spiro atoms. The lowest BCUT2D eigenvalue weighted by Gasteiger charge is -2.31. The second-order valence-electron chi connectivity index (χ2n) is 4.23. The highest BCUT2D eigenvalue weighted by atomic mass is 15.1. The van der Waals surface area contributed by atoms with Crippen LogP contribution in [0, 0.1) is 0 Å². The van der Waals surface area contributed by atoms with Crippen LogP contribution in [0.3, 0.4) is 0 Å². The number of hydrogen-bond acceptors (Lipinski definition) is 2. The largest absolute Gasteiger partial charge is 0.319 e. The molecule has 1 fully saturated rings. The summed E-state index contributed by atoms with van der Waals surface area (Å²) in [4.78, 5) is 2.51. The number of hydrogen-bond donors (Lipinski definition) is 1. The summed E-state index contributed by atoms with van der Waals surface area (Å²) in [7, 11) is 4.26. The average molecular weight is 196 g/mol. The zero-order valence-electron chi connectivity index (χ0n) is 9.63. The quantitative estimate of drug-likeness (QED) is 0.534. The minimum Gasteiger partial charge on any atom is -0.319 e. The maximum Gasteiger partial charge on any atom is 0.0127 e. The van der Waals surface area contributed by atoms with E-state index >= 15 is 0 Å². The second-order valence-corrected chi connectivity index (χ2v) is 4.23. The molecule has 0 amide bonds. The summed E-state index contributed by atoms with van der Waals surface area (Å²) >= 11 is 0. The van der Waals surface area contributed by atoms with Crippen LogP contribution in [0.2, 0.25) is 0 Å². The minimum absolute atomic E-state index is 0.801. The monoisotopic (exact) mass is 196 g/mol. The first-order valence-electron chi connectivity index (χ1n) is 5.84. The van der Waals surface area contributed by atoms with Crippen LogP contribution < -0.4 is 5.32 Å². The van der Waals surface area contributed by atoms with Gasteiger partial charge < -0.3 is 10.2 Å². The molecule has 1 rings (SSSR count). The molecule has 1 saturated heterocycles. The Morgan fingerprint density at radius 3 is 2.93 bits per heavy atom. The Morgan fingerprint density at radius 2 is 2.21 bits per heavy atom. The first-order valence-corrected chi connectivity index (χ1v) is 5.84. The van der Waals surface area contributed by atoms with Crippen LogP contribution in [-0.2, 0) is 0 Å². The van der Waals surface area contributed by atoms with Gasteiger partial charge in [0.1, 0.15) is 0 Å². The molecule has 0 bridgehead atoms. The standard InChI is InChI=1S/C12H24N2/c1-13-10-6-3-4-8-12-9-5-7-11-14(12)2/h3-4,12-13H,5-11H2,1-2H3/b4-3-. The molecule has 0 saturated carbocycles. The molecule has 82 valence electrons. The molecular formula is C12H24N2. The van der Waals surface area contributed by atoms with Gasteiger partial charge in [-0.25, -0.2) is 0 Å². The van der Waals surface area contributed by atoms with Gasteiger partial charge in [-0.1, -0.05) is 18.6 Å². The van der Waals surface area contributed by atoms with Gasteiger partial charge in [0.2, 0.25) is 0 Å². The van der Waals surface area contributed by atoms with Crippen molar-refractivity contribution >= 4 is 0 Å². The van der Waals surface area contributed by atoms with Crippen LogP contribution in [0.5, 0.6) is 0 Å². The first-order chi connectivity index (χ1) is 6.84. The predicted molar refractivity (Wildman–Crippen MR) is 62.6 cm³/mol. The first kappa shape index (κ1) is 11.7. The van der Waals surface area contributed by atoms with E-state index in [4.69, 9.17) is 0 Å². The summed E-state index contributed by atoms with van der Waals surface area (Å²) in [5.41, 5.74) is 0. The van der Waals surface area contributed by atoms with Crippen molar-refractivity contribution in [2.45, 2.75) is 38.1 Å². The third kappa shape index (κ3) is 4.25. The number of nitrogens with zero attached hydrogens (tertiary/aromatic N) is 1. The number of piperidine rings is 1. The van der Waals surface area contributed by atoms with E-state index in [1.165, 1.54) is 32.2 Å². The molecule has 1 N–H and O–H groups in total. The highest BCUT2D eigenvalue weighted by Gasteiger charge is 2.16. The maximum absolute atomic E-state index is 3.15. The highest BCUT2D eigenvalue weighted by molar-refractivity contribution is 4.88. The van der Waals surface area contributed by atoms with Crippen molar-refractivity contribution in [1.29, 1.82) is 0 Å². The lowest BCUT2D eigenvalue weighted by Crippen LogP contribution is -2.35. The van der Waals surface area contributed by atoms with E-state index in [0.29, 0.717) is 0 Å². The normalized spacial score (nSPS) is 24.6. The minimum atomic E-state index is 0.801. The molecule has 1 unspecified atom stereocenters. The third-order valence-corrected chi connectivity index (χ3v) is 3.06. The van der Waals surface area contributed by atoms with Gasteiger partial charge in [0.15, 0.2) is 0 Å². The topological polar surface area (TPSA) is 15.3 Å². The van der Waals surface area contributed by atoms with Crippen LogP contribution in [0.25, 0.3) is 0 Å². The van der Waals surface area contributed by atoms with Crippen LogP contribution in [0.1, 0.15) is 32.1 Å². The smallest absolute Gasteiger partial charge is 0.0127 e. The van der Waals surface area contributed by atoms with E-state index in [9.17, 15) is 0 Å². The number of nitrogens with one attached hydrogen (secondary N) is 1. The molecule has 2 heteroatoms. The van der Waals surface area contributed by atoms with Crippen LogP contribution in [0.15, 0.2) is 12.2 Å². The van der Waals surface area contributed by atoms with Gasteiger partial charge in [0.25, 0.3) is 0 Å². The lowest BCUT2D eigenvalue weighted by molar-refractivity contribution is 0.187. The van der Waals surface area contributed by atoms with E-state index in [2.05, 4.69) is 29.4 Å². The highest BCUT2D eigenvalue weighted by Crippen LogP contribution is 2.17. The summed E-state index contributed by atoms with van der Waals surface area (Å²) in [5.74, 6) is 0. The van der Waals surface area contributed by atoms with Gasteiger partial charge in [-0.3, -0.25) is 0 Å². The number of rotatable bonds is 5.